The Bertz CT molecular complexity index is 831. The molecule has 0 aromatic heterocycles. The van der Waals surface area contributed by atoms with Crippen molar-refractivity contribution in [1.29, 1.82) is 0 Å². The van der Waals surface area contributed by atoms with E-state index in [9.17, 15) is 9.59 Å². The van der Waals surface area contributed by atoms with Crippen LogP contribution in [0.5, 0.6) is 5.75 Å². The van der Waals surface area contributed by atoms with Crippen LogP contribution in [0.3, 0.4) is 0 Å². The second kappa shape index (κ2) is 7.60. The fourth-order valence-electron chi connectivity index (χ4n) is 3.17. The number of amides is 1. The Hall–Kier alpha value is -2.82. The summed E-state index contributed by atoms with van der Waals surface area (Å²) in [6, 6.07) is 13.6. The van der Waals surface area contributed by atoms with Crippen molar-refractivity contribution in [2.45, 2.75) is 33.3 Å². The second-order valence-corrected chi connectivity index (χ2v) is 6.87. The number of carboxylic acid groups (broad SMARTS) is 1. The third kappa shape index (κ3) is 4.04. The van der Waals surface area contributed by atoms with Crippen LogP contribution in [0.1, 0.15) is 29.5 Å². The maximum absolute atomic E-state index is 12.3. The molecule has 5 nitrogen and oxygen atoms in total. The van der Waals surface area contributed by atoms with Crippen molar-refractivity contribution >= 4 is 17.6 Å². The molecule has 136 valence electrons. The molecule has 0 saturated heterocycles. The van der Waals surface area contributed by atoms with Gasteiger partial charge in [0.15, 0.2) is 0 Å². The van der Waals surface area contributed by atoms with E-state index in [0.29, 0.717) is 25.1 Å². The van der Waals surface area contributed by atoms with E-state index in [1.807, 2.05) is 44.2 Å². The Morgan fingerprint density at radius 2 is 1.88 bits per heavy atom. The summed E-state index contributed by atoms with van der Waals surface area (Å²) in [5, 5.41) is 11.9. The second-order valence-electron chi connectivity index (χ2n) is 6.87. The van der Waals surface area contributed by atoms with Crippen LogP contribution in [-0.2, 0) is 16.2 Å². The summed E-state index contributed by atoms with van der Waals surface area (Å²) in [5.41, 5.74) is 3.86. The van der Waals surface area contributed by atoms with Gasteiger partial charge in [0.1, 0.15) is 12.4 Å². The number of ether oxygens (including phenoxy) is 1. The molecule has 0 bridgehead atoms. The summed E-state index contributed by atoms with van der Waals surface area (Å²) in [4.78, 5) is 23.4. The van der Waals surface area contributed by atoms with Gasteiger partial charge < -0.3 is 15.2 Å². The summed E-state index contributed by atoms with van der Waals surface area (Å²) >= 11 is 0. The number of benzene rings is 2. The van der Waals surface area contributed by atoms with Gasteiger partial charge in [-0.05, 0) is 56.0 Å². The molecule has 3 rings (SSSR count). The number of anilines is 1. The lowest BCUT2D eigenvalue weighted by Crippen LogP contribution is -2.41. The van der Waals surface area contributed by atoms with Crippen LogP contribution >= 0.6 is 0 Å². The third-order valence-electron chi connectivity index (χ3n) is 4.87. The summed E-state index contributed by atoms with van der Waals surface area (Å²) in [7, 11) is 0. The molecule has 1 aliphatic rings. The van der Waals surface area contributed by atoms with E-state index < -0.39 is 17.8 Å². The summed E-state index contributed by atoms with van der Waals surface area (Å²) < 4.78 is 5.83. The lowest BCUT2D eigenvalue weighted by atomic mass is 9.73. The molecule has 0 aliphatic heterocycles. The van der Waals surface area contributed by atoms with E-state index in [1.54, 1.807) is 6.07 Å². The molecule has 26 heavy (non-hydrogen) atoms. The van der Waals surface area contributed by atoms with E-state index in [2.05, 4.69) is 11.4 Å². The minimum atomic E-state index is -0.895. The molecule has 2 N–H and O–H groups in total. The van der Waals surface area contributed by atoms with E-state index in [-0.39, 0.29) is 5.91 Å². The molecule has 1 saturated carbocycles. The van der Waals surface area contributed by atoms with E-state index >= 15 is 0 Å². The van der Waals surface area contributed by atoms with Gasteiger partial charge in [0.2, 0.25) is 5.91 Å². The smallest absolute Gasteiger partial charge is 0.307 e. The molecule has 2 aromatic carbocycles. The molecule has 0 spiro atoms. The Kier molecular flexibility index (Phi) is 5.26. The van der Waals surface area contributed by atoms with Crippen molar-refractivity contribution in [3.63, 3.8) is 0 Å². The Labute approximate surface area is 153 Å². The standard InChI is InChI=1S/C21H23NO4/c1-13-4-3-5-15(10-13)12-26-16-6-9-19(14(2)11-16)22-20(23)17-7-8-18(17)21(24)25/h3-6,9-11,17-18H,7-8,12H2,1-2H3,(H,22,23)(H,24,25). The van der Waals surface area contributed by atoms with Gasteiger partial charge in [-0.1, -0.05) is 29.8 Å². The van der Waals surface area contributed by atoms with Crippen LogP contribution in [0, 0.1) is 25.7 Å². The molecule has 2 atom stereocenters. The molecule has 5 heteroatoms. The minimum absolute atomic E-state index is 0.222. The highest BCUT2D eigenvalue weighted by atomic mass is 16.5. The predicted octanol–water partition coefficient (Wildman–Crippen LogP) is 3.93. The summed E-state index contributed by atoms with van der Waals surface area (Å²) in [5.74, 6) is -1.39. The number of aryl methyl sites for hydroxylation is 2. The first kappa shape index (κ1) is 18.0. The number of hydrogen-bond acceptors (Lipinski definition) is 3. The zero-order valence-electron chi connectivity index (χ0n) is 15.0. The highest BCUT2D eigenvalue weighted by molar-refractivity contribution is 5.96. The van der Waals surface area contributed by atoms with Crippen LogP contribution < -0.4 is 10.1 Å². The van der Waals surface area contributed by atoms with Crippen LogP contribution in [0.4, 0.5) is 5.69 Å². The fraction of sp³-hybridized carbons (Fsp3) is 0.333. The summed E-state index contributed by atoms with van der Waals surface area (Å²) in [6.45, 7) is 4.42. The summed E-state index contributed by atoms with van der Waals surface area (Å²) in [6.07, 6.45) is 1.19. The fourth-order valence-corrected chi connectivity index (χ4v) is 3.17. The molecular formula is C21H23NO4. The van der Waals surface area contributed by atoms with Crippen LogP contribution in [0.2, 0.25) is 0 Å². The van der Waals surface area contributed by atoms with Gasteiger partial charge in [-0.25, -0.2) is 0 Å². The first-order valence-electron chi connectivity index (χ1n) is 8.76. The normalized spacial score (nSPS) is 18.7. The van der Waals surface area contributed by atoms with Crippen molar-refractivity contribution < 1.29 is 19.4 Å². The Morgan fingerprint density at radius 1 is 1.12 bits per heavy atom. The first-order valence-corrected chi connectivity index (χ1v) is 8.76. The number of nitrogens with one attached hydrogen (secondary N) is 1. The van der Waals surface area contributed by atoms with Crippen molar-refractivity contribution in [2.24, 2.45) is 11.8 Å². The van der Waals surface area contributed by atoms with Crippen LogP contribution in [0.25, 0.3) is 0 Å². The van der Waals surface area contributed by atoms with Gasteiger partial charge in [-0.15, -0.1) is 0 Å². The van der Waals surface area contributed by atoms with Gasteiger partial charge in [0, 0.05) is 5.69 Å². The molecule has 1 fully saturated rings. The quantitative estimate of drug-likeness (QED) is 0.825. The van der Waals surface area contributed by atoms with Gasteiger partial charge in [-0.3, -0.25) is 9.59 Å². The van der Waals surface area contributed by atoms with E-state index in [0.717, 1.165) is 16.9 Å². The van der Waals surface area contributed by atoms with Gasteiger partial charge >= 0.3 is 5.97 Å². The Balaban J connectivity index is 1.60. The largest absolute Gasteiger partial charge is 0.489 e. The molecule has 2 unspecified atom stereocenters. The predicted molar refractivity (Wildman–Crippen MR) is 99.2 cm³/mol. The SMILES string of the molecule is Cc1cccc(COc2ccc(NC(=O)C3CCC3C(=O)O)c(C)c2)c1. The van der Waals surface area contributed by atoms with E-state index in [1.165, 1.54) is 5.56 Å². The molecule has 1 aliphatic carbocycles. The lowest BCUT2D eigenvalue weighted by Gasteiger charge is -2.32. The molecule has 2 aromatic rings. The van der Waals surface area contributed by atoms with Crippen molar-refractivity contribution in [3.05, 3.63) is 59.2 Å². The minimum Gasteiger partial charge on any atom is -0.489 e. The van der Waals surface area contributed by atoms with Gasteiger partial charge in [-0.2, -0.15) is 0 Å². The monoisotopic (exact) mass is 353 g/mol. The zero-order chi connectivity index (χ0) is 18.7. The third-order valence-corrected chi connectivity index (χ3v) is 4.87. The first-order chi connectivity index (χ1) is 12.4. The average Bonchev–Trinajstić information content (AvgIpc) is 2.53. The lowest BCUT2D eigenvalue weighted by molar-refractivity contribution is -0.151. The molecule has 0 heterocycles. The maximum atomic E-state index is 12.3. The highest BCUT2D eigenvalue weighted by Crippen LogP contribution is 2.35. The van der Waals surface area contributed by atoms with Gasteiger partial charge in [0.25, 0.3) is 0 Å². The number of rotatable bonds is 6. The zero-order valence-corrected chi connectivity index (χ0v) is 15.0. The van der Waals surface area contributed by atoms with E-state index in [4.69, 9.17) is 9.84 Å². The number of hydrogen-bond donors (Lipinski definition) is 2. The van der Waals surface area contributed by atoms with Crippen LogP contribution in [0.15, 0.2) is 42.5 Å². The highest BCUT2D eigenvalue weighted by Gasteiger charge is 2.41. The molecule has 1 amide bonds. The van der Waals surface area contributed by atoms with Crippen LogP contribution in [-0.4, -0.2) is 17.0 Å². The van der Waals surface area contributed by atoms with Crippen molar-refractivity contribution in [1.82, 2.24) is 0 Å². The molecule has 0 radical (unpaired) electrons. The van der Waals surface area contributed by atoms with Gasteiger partial charge in [0.05, 0.1) is 11.8 Å². The Morgan fingerprint density at radius 3 is 2.50 bits per heavy atom. The van der Waals surface area contributed by atoms with Crippen molar-refractivity contribution in [3.8, 4) is 5.75 Å². The average molecular weight is 353 g/mol. The molecular weight excluding hydrogens is 330 g/mol. The number of carbonyl (C=O) groups excluding carboxylic acids is 1. The topological polar surface area (TPSA) is 75.6 Å². The number of aliphatic carboxylic acids is 1. The van der Waals surface area contributed by atoms with Crippen molar-refractivity contribution in [2.75, 3.05) is 5.32 Å². The number of carboxylic acids is 1. The number of carbonyl (C=O) groups is 2. The maximum Gasteiger partial charge on any atom is 0.307 e.